The summed E-state index contributed by atoms with van der Waals surface area (Å²) < 4.78 is 11.1. The molecular weight excluding hydrogens is 348 g/mol. The van der Waals surface area contributed by atoms with Crippen LogP contribution in [0.3, 0.4) is 0 Å². The van der Waals surface area contributed by atoms with Crippen molar-refractivity contribution in [3.05, 3.63) is 64.7 Å². The molecule has 0 saturated heterocycles. The molecule has 6 nitrogen and oxygen atoms in total. The molecule has 0 aliphatic rings. The van der Waals surface area contributed by atoms with Crippen LogP contribution in [0.4, 0.5) is 0 Å². The summed E-state index contributed by atoms with van der Waals surface area (Å²) in [4.78, 5) is 22.8. The van der Waals surface area contributed by atoms with E-state index >= 15 is 0 Å². The van der Waals surface area contributed by atoms with Gasteiger partial charge >= 0.3 is 5.97 Å². The summed E-state index contributed by atoms with van der Waals surface area (Å²) in [7, 11) is 1.45. The number of Topliss-reactive ketones (excluding diaryl/α,β-unsaturated/α-hetero) is 1. The molecule has 0 spiro atoms. The molecule has 0 amide bonds. The summed E-state index contributed by atoms with van der Waals surface area (Å²) in [6.07, 6.45) is 0.359. The highest BCUT2D eigenvalue weighted by Crippen LogP contribution is 2.34. The molecule has 142 valence electrons. The van der Waals surface area contributed by atoms with Crippen molar-refractivity contribution in [3.63, 3.8) is 0 Å². The summed E-state index contributed by atoms with van der Waals surface area (Å²) >= 11 is 0. The first kappa shape index (κ1) is 20.0. The predicted octanol–water partition coefficient (Wildman–Crippen LogP) is 4.00. The Balaban J connectivity index is 2.35. The number of methoxy groups -OCH3 is 1. The lowest BCUT2D eigenvalue weighted by atomic mass is 10.00. The predicted molar refractivity (Wildman–Crippen MR) is 101 cm³/mol. The molecule has 2 N–H and O–H groups in total. The summed E-state index contributed by atoms with van der Waals surface area (Å²) in [5.74, 6) is -0.593. The Bertz CT molecular complexity index is 898. The summed E-state index contributed by atoms with van der Waals surface area (Å²) in [5, 5.41) is 19.5. The Morgan fingerprint density at radius 3 is 2.37 bits per heavy atom. The third-order valence-electron chi connectivity index (χ3n) is 4.01. The highest BCUT2D eigenvalue weighted by molar-refractivity contribution is 5.97. The molecule has 27 heavy (non-hydrogen) atoms. The third-order valence-corrected chi connectivity index (χ3v) is 4.01. The average molecular weight is 370 g/mol. The molecule has 0 aliphatic heterocycles. The molecule has 0 aliphatic carbocycles. The number of hydrogen-bond donors (Lipinski definition) is 2. The van der Waals surface area contributed by atoms with Gasteiger partial charge in [-0.3, -0.25) is 4.79 Å². The number of phenols is 1. The second-order valence-electron chi connectivity index (χ2n) is 6.25. The molecule has 0 atom stereocenters. The van der Waals surface area contributed by atoms with Gasteiger partial charge in [-0.25, -0.2) is 4.79 Å². The first-order chi connectivity index (χ1) is 12.7. The maximum absolute atomic E-state index is 11.7. The number of rotatable bonds is 8. The number of ketones is 1. The van der Waals surface area contributed by atoms with Crippen molar-refractivity contribution in [2.75, 3.05) is 7.11 Å². The lowest BCUT2D eigenvalue weighted by molar-refractivity contribution is 0.0696. The molecule has 2 rings (SSSR count). The minimum absolute atomic E-state index is 0.102. The number of ether oxygens (including phenoxy) is 2. The van der Waals surface area contributed by atoms with Gasteiger partial charge in [0.25, 0.3) is 0 Å². The number of carboxylic acids is 1. The van der Waals surface area contributed by atoms with E-state index in [-0.39, 0.29) is 29.3 Å². The minimum atomic E-state index is -1.05. The van der Waals surface area contributed by atoms with Crippen LogP contribution < -0.4 is 9.47 Å². The van der Waals surface area contributed by atoms with E-state index in [9.17, 15) is 14.7 Å². The van der Waals surface area contributed by atoms with E-state index in [0.29, 0.717) is 29.0 Å². The molecule has 6 heteroatoms. The fraction of sp³-hybridized carbons (Fsp3) is 0.238. The normalized spacial score (nSPS) is 10.3. The molecule has 0 aromatic heterocycles. The highest BCUT2D eigenvalue weighted by atomic mass is 16.5. The number of aromatic carboxylic acids is 1. The van der Waals surface area contributed by atoms with Crippen LogP contribution >= 0.6 is 0 Å². The lowest BCUT2D eigenvalue weighted by Crippen LogP contribution is -2.05. The maximum atomic E-state index is 11.7. The minimum Gasteiger partial charge on any atom is -0.507 e. The van der Waals surface area contributed by atoms with Gasteiger partial charge in [0.2, 0.25) is 0 Å². The Morgan fingerprint density at radius 2 is 1.81 bits per heavy atom. The molecule has 0 saturated carbocycles. The summed E-state index contributed by atoms with van der Waals surface area (Å²) in [5.41, 5.74) is 2.28. The number of carbonyl (C=O) groups excluding carboxylic acids is 1. The Morgan fingerprint density at radius 1 is 1.11 bits per heavy atom. The number of allylic oxidation sites excluding steroid dienone is 1. The summed E-state index contributed by atoms with van der Waals surface area (Å²) in [6, 6.07) is 7.65. The van der Waals surface area contributed by atoms with Gasteiger partial charge in [-0.15, -0.1) is 0 Å². The van der Waals surface area contributed by atoms with Crippen molar-refractivity contribution in [3.8, 4) is 17.2 Å². The topological polar surface area (TPSA) is 93.1 Å². The molecule has 0 heterocycles. The quantitative estimate of drug-likeness (QED) is 0.539. The van der Waals surface area contributed by atoms with Gasteiger partial charge in [0.05, 0.1) is 18.2 Å². The fourth-order valence-corrected chi connectivity index (χ4v) is 2.66. The van der Waals surface area contributed by atoms with E-state index < -0.39 is 5.97 Å². The molecule has 0 radical (unpaired) electrons. The largest absolute Gasteiger partial charge is 0.507 e. The van der Waals surface area contributed by atoms with E-state index in [1.54, 1.807) is 12.1 Å². The smallest absolute Gasteiger partial charge is 0.335 e. The molecule has 0 bridgehead atoms. The van der Waals surface area contributed by atoms with Crippen molar-refractivity contribution in [2.45, 2.75) is 26.9 Å². The number of aromatic hydroxyl groups is 1. The van der Waals surface area contributed by atoms with Gasteiger partial charge in [0, 0.05) is 17.5 Å². The van der Waals surface area contributed by atoms with Crippen LogP contribution in [0.25, 0.3) is 0 Å². The van der Waals surface area contributed by atoms with Gasteiger partial charge < -0.3 is 19.7 Å². The van der Waals surface area contributed by atoms with Crippen molar-refractivity contribution in [1.82, 2.24) is 0 Å². The Kier molecular flexibility index (Phi) is 6.23. The Labute approximate surface area is 157 Å². The van der Waals surface area contributed by atoms with E-state index in [1.807, 2.05) is 6.92 Å². The SMILES string of the molecule is C=C(C)Cc1c(OCc2ccc(C(=O)O)cc2OC)ccc(C(C)=O)c1O. The zero-order chi connectivity index (χ0) is 20.1. The average Bonchev–Trinajstić information content (AvgIpc) is 2.61. The number of carbonyl (C=O) groups is 2. The van der Waals surface area contributed by atoms with Gasteiger partial charge in [-0.1, -0.05) is 18.2 Å². The molecule has 2 aromatic rings. The van der Waals surface area contributed by atoms with Crippen LogP contribution in [0.5, 0.6) is 17.2 Å². The van der Waals surface area contributed by atoms with Crippen molar-refractivity contribution in [1.29, 1.82) is 0 Å². The van der Waals surface area contributed by atoms with E-state index in [0.717, 1.165) is 5.57 Å². The molecule has 0 unspecified atom stereocenters. The number of carboxylic acid groups (broad SMARTS) is 1. The number of phenolic OH excluding ortho intramolecular Hbond substituents is 1. The zero-order valence-corrected chi connectivity index (χ0v) is 15.5. The van der Waals surface area contributed by atoms with Crippen LogP contribution in [0.2, 0.25) is 0 Å². The third kappa shape index (κ3) is 4.67. The standard InChI is InChI=1S/C21H22O6/c1-12(2)9-17-18(8-7-16(13(3)22)20(17)23)27-11-15-6-5-14(21(24)25)10-19(15)26-4/h5-8,10,23H,1,9,11H2,2-4H3,(H,24,25). The lowest BCUT2D eigenvalue weighted by Gasteiger charge is -2.16. The van der Waals surface area contributed by atoms with Crippen molar-refractivity contribution >= 4 is 11.8 Å². The van der Waals surface area contributed by atoms with Crippen LogP contribution in [0.15, 0.2) is 42.5 Å². The van der Waals surface area contributed by atoms with E-state index in [2.05, 4.69) is 6.58 Å². The molecule has 2 aromatic carbocycles. The fourth-order valence-electron chi connectivity index (χ4n) is 2.66. The van der Waals surface area contributed by atoms with Crippen molar-refractivity contribution in [2.24, 2.45) is 0 Å². The Hall–Kier alpha value is -3.28. The monoisotopic (exact) mass is 370 g/mol. The first-order valence-electron chi connectivity index (χ1n) is 8.27. The first-order valence-corrected chi connectivity index (χ1v) is 8.27. The second-order valence-corrected chi connectivity index (χ2v) is 6.25. The van der Waals surface area contributed by atoms with Gasteiger partial charge in [-0.05, 0) is 38.1 Å². The van der Waals surface area contributed by atoms with Gasteiger partial charge in [0.1, 0.15) is 23.9 Å². The van der Waals surface area contributed by atoms with E-state index in [1.165, 1.54) is 32.2 Å². The molecular formula is C21H22O6. The highest BCUT2D eigenvalue weighted by Gasteiger charge is 2.17. The van der Waals surface area contributed by atoms with E-state index in [4.69, 9.17) is 14.6 Å². The molecule has 0 fully saturated rings. The van der Waals surface area contributed by atoms with Crippen LogP contribution in [0, 0.1) is 0 Å². The van der Waals surface area contributed by atoms with Crippen LogP contribution in [-0.4, -0.2) is 29.1 Å². The van der Waals surface area contributed by atoms with Crippen LogP contribution in [-0.2, 0) is 13.0 Å². The maximum Gasteiger partial charge on any atom is 0.335 e. The summed E-state index contributed by atoms with van der Waals surface area (Å²) in [6.45, 7) is 7.15. The zero-order valence-electron chi connectivity index (χ0n) is 15.5. The second kappa shape index (κ2) is 8.40. The number of hydrogen-bond acceptors (Lipinski definition) is 5. The van der Waals surface area contributed by atoms with Gasteiger partial charge in [-0.2, -0.15) is 0 Å². The van der Waals surface area contributed by atoms with Crippen LogP contribution in [0.1, 0.15) is 45.7 Å². The van der Waals surface area contributed by atoms with Gasteiger partial charge in [0.15, 0.2) is 5.78 Å². The number of benzene rings is 2. The van der Waals surface area contributed by atoms with Crippen molar-refractivity contribution < 1.29 is 29.3 Å².